The summed E-state index contributed by atoms with van der Waals surface area (Å²) in [5, 5.41) is 6.09. The second-order valence-corrected chi connectivity index (χ2v) is 6.50. The molecule has 1 aromatic rings. The van der Waals surface area contributed by atoms with Crippen LogP contribution in [0.1, 0.15) is 18.1 Å². The van der Waals surface area contributed by atoms with Crippen LogP contribution in [-0.2, 0) is 28.6 Å². The van der Waals surface area contributed by atoms with E-state index >= 15 is 0 Å². The fourth-order valence-corrected chi connectivity index (χ4v) is 2.81. The lowest BCUT2D eigenvalue weighted by Crippen LogP contribution is -2.48. The molecular formula is C14H20N2O2S. The van der Waals surface area contributed by atoms with Crippen molar-refractivity contribution in [1.29, 1.82) is 0 Å². The highest BCUT2D eigenvalue weighted by Crippen LogP contribution is 2.16. The molecule has 4 nitrogen and oxygen atoms in total. The molecule has 0 aromatic heterocycles. The second kappa shape index (κ2) is 6.82. The summed E-state index contributed by atoms with van der Waals surface area (Å²) in [5.74, 6) is 1.18. The number of fused-ring (bicyclic) bond motifs is 1. The summed E-state index contributed by atoms with van der Waals surface area (Å²) >= 11 is 0. The standard InChI is InChI=1S/C14H20N2O2S/c1-2-19(18)8-7-15-14(17)13-9-11-5-3-4-6-12(11)10-16-13/h3-6,13,16H,2,7-10H2,1H3,(H,15,17). The van der Waals surface area contributed by atoms with Crippen molar-refractivity contribution in [3.63, 3.8) is 0 Å². The number of amides is 1. The molecule has 2 atom stereocenters. The van der Waals surface area contributed by atoms with Crippen LogP contribution in [0.25, 0.3) is 0 Å². The first-order valence-corrected chi connectivity index (χ1v) is 8.12. The molecule has 104 valence electrons. The zero-order valence-corrected chi connectivity index (χ0v) is 12.0. The lowest BCUT2D eigenvalue weighted by atomic mass is 9.95. The predicted octanol–water partition coefficient (Wildman–Crippen LogP) is 0.586. The second-order valence-electron chi connectivity index (χ2n) is 4.63. The molecule has 1 aliphatic heterocycles. The van der Waals surface area contributed by atoms with E-state index < -0.39 is 10.8 Å². The van der Waals surface area contributed by atoms with Crippen molar-refractivity contribution >= 4 is 16.7 Å². The number of hydrogen-bond donors (Lipinski definition) is 2. The normalized spacial score (nSPS) is 19.5. The van der Waals surface area contributed by atoms with Crippen LogP contribution >= 0.6 is 0 Å². The van der Waals surface area contributed by atoms with Gasteiger partial charge in [0.15, 0.2) is 0 Å². The summed E-state index contributed by atoms with van der Waals surface area (Å²) in [7, 11) is -0.820. The third-order valence-corrected chi connectivity index (χ3v) is 4.65. The van der Waals surface area contributed by atoms with Crippen LogP contribution in [0.2, 0.25) is 0 Å². The lowest BCUT2D eigenvalue weighted by Gasteiger charge is -2.25. The Morgan fingerprint density at radius 2 is 2.16 bits per heavy atom. The quantitative estimate of drug-likeness (QED) is 0.830. The minimum absolute atomic E-state index is 0.00241. The van der Waals surface area contributed by atoms with Gasteiger partial charge >= 0.3 is 0 Å². The minimum atomic E-state index is -0.820. The molecule has 0 bridgehead atoms. The van der Waals surface area contributed by atoms with Gasteiger partial charge in [0.2, 0.25) is 5.91 Å². The maximum Gasteiger partial charge on any atom is 0.237 e. The van der Waals surface area contributed by atoms with Gasteiger partial charge in [0, 0.05) is 35.4 Å². The fourth-order valence-electron chi connectivity index (χ4n) is 2.20. The molecule has 2 unspecified atom stereocenters. The van der Waals surface area contributed by atoms with Crippen LogP contribution < -0.4 is 10.6 Å². The Morgan fingerprint density at radius 3 is 2.89 bits per heavy atom. The highest BCUT2D eigenvalue weighted by atomic mass is 32.2. The highest BCUT2D eigenvalue weighted by molar-refractivity contribution is 7.84. The number of nitrogens with one attached hydrogen (secondary N) is 2. The van der Waals surface area contributed by atoms with E-state index in [0.29, 0.717) is 18.1 Å². The maximum atomic E-state index is 12.0. The fraction of sp³-hybridized carbons (Fsp3) is 0.500. The van der Waals surface area contributed by atoms with Crippen LogP contribution in [-0.4, -0.2) is 34.2 Å². The van der Waals surface area contributed by atoms with E-state index in [9.17, 15) is 9.00 Å². The van der Waals surface area contributed by atoms with E-state index in [4.69, 9.17) is 0 Å². The van der Waals surface area contributed by atoms with Gasteiger partial charge in [-0.1, -0.05) is 31.2 Å². The van der Waals surface area contributed by atoms with E-state index in [2.05, 4.69) is 22.8 Å². The molecule has 0 saturated carbocycles. The van der Waals surface area contributed by atoms with Crippen LogP contribution in [0.3, 0.4) is 0 Å². The van der Waals surface area contributed by atoms with Crippen molar-refractivity contribution in [3.05, 3.63) is 35.4 Å². The summed E-state index contributed by atoms with van der Waals surface area (Å²) < 4.78 is 11.3. The van der Waals surface area contributed by atoms with E-state index in [1.165, 1.54) is 11.1 Å². The number of hydrogen-bond acceptors (Lipinski definition) is 3. The van der Waals surface area contributed by atoms with E-state index in [-0.39, 0.29) is 11.9 Å². The Kier molecular flexibility index (Phi) is 5.10. The Hall–Kier alpha value is -1.20. The molecular weight excluding hydrogens is 260 g/mol. The van der Waals surface area contributed by atoms with Gasteiger partial charge < -0.3 is 10.6 Å². The van der Waals surface area contributed by atoms with E-state index in [1.54, 1.807) is 0 Å². The summed E-state index contributed by atoms with van der Waals surface area (Å²) in [6.07, 6.45) is 0.721. The van der Waals surface area contributed by atoms with Crippen molar-refractivity contribution in [3.8, 4) is 0 Å². The summed E-state index contributed by atoms with van der Waals surface area (Å²) in [6.45, 7) is 3.10. The summed E-state index contributed by atoms with van der Waals surface area (Å²) in [4.78, 5) is 12.0. The van der Waals surface area contributed by atoms with Gasteiger partial charge in [-0.05, 0) is 17.5 Å². The molecule has 1 heterocycles. The largest absolute Gasteiger partial charge is 0.354 e. The first kappa shape index (κ1) is 14.2. The van der Waals surface area contributed by atoms with Crippen molar-refractivity contribution in [2.45, 2.75) is 25.9 Å². The number of carbonyl (C=O) groups excluding carboxylic acids is 1. The van der Waals surface area contributed by atoms with Crippen molar-refractivity contribution in [2.75, 3.05) is 18.1 Å². The molecule has 0 fully saturated rings. The molecule has 1 amide bonds. The van der Waals surface area contributed by atoms with Gasteiger partial charge in [-0.15, -0.1) is 0 Å². The Balaban J connectivity index is 1.83. The van der Waals surface area contributed by atoms with Gasteiger partial charge in [0.25, 0.3) is 0 Å². The summed E-state index contributed by atoms with van der Waals surface area (Å²) in [6, 6.07) is 8.00. The van der Waals surface area contributed by atoms with Gasteiger partial charge in [-0.2, -0.15) is 0 Å². The molecule has 0 aliphatic carbocycles. The zero-order valence-electron chi connectivity index (χ0n) is 11.1. The average Bonchev–Trinajstić information content (AvgIpc) is 2.46. The average molecular weight is 280 g/mol. The molecule has 0 spiro atoms. The van der Waals surface area contributed by atoms with Crippen LogP contribution in [0.5, 0.6) is 0 Å². The van der Waals surface area contributed by atoms with Crippen LogP contribution in [0, 0.1) is 0 Å². The van der Waals surface area contributed by atoms with Gasteiger partial charge in [0.1, 0.15) is 0 Å². The molecule has 1 aliphatic rings. The minimum Gasteiger partial charge on any atom is -0.354 e. The Morgan fingerprint density at radius 1 is 1.42 bits per heavy atom. The van der Waals surface area contributed by atoms with Crippen molar-refractivity contribution < 1.29 is 9.00 Å². The smallest absolute Gasteiger partial charge is 0.237 e. The molecule has 2 N–H and O–H groups in total. The maximum absolute atomic E-state index is 12.0. The van der Waals surface area contributed by atoms with Gasteiger partial charge in [-0.25, -0.2) is 0 Å². The zero-order chi connectivity index (χ0) is 13.7. The predicted molar refractivity (Wildman–Crippen MR) is 77.3 cm³/mol. The molecule has 2 rings (SSSR count). The monoisotopic (exact) mass is 280 g/mol. The molecule has 5 heteroatoms. The molecule has 0 saturated heterocycles. The molecule has 0 radical (unpaired) electrons. The number of rotatable bonds is 5. The topological polar surface area (TPSA) is 58.2 Å². The SMILES string of the molecule is CCS(=O)CCNC(=O)C1Cc2ccccc2CN1. The lowest BCUT2D eigenvalue weighted by molar-refractivity contribution is -0.123. The number of benzene rings is 1. The van der Waals surface area contributed by atoms with Crippen LogP contribution in [0.15, 0.2) is 24.3 Å². The van der Waals surface area contributed by atoms with Gasteiger partial charge in [-0.3, -0.25) is 9.00 Å². The molecule has 19 heavy (non-hydrogen) atoms. The van der Waals surface area contributed by atoms with Crippen molar-refractivity contribution in [2.24, 2.45) is 0 Å². The van der Waals surface area contributed by atoms with Crippen LogP contribution in [0.4, 0.5) is 0 Å². The van der Waals surface area contributed by atoms with E-state index in [1.807, 2.05) is 19.1 Å². The first-order valence-electron chi connectivity index (χ1n) is 6.63. The highest BCUT2D eigenvalue weighted by Gasteiger charge is 2.23. The first-order chi connectivity index (χ1) is 9.20. The van der Waals surface area contributed by atoms with Crippen molar-refractivity contribution in [1.82, 2.24) is 10.6 Å². The Bertz CT molecular complexity index is 476. The molecule has 1 aromatic carbocycles. The third kappa shape index (κ3) is 3.88. The number of carbonyl (C=O) groups is 1. The third-order valence-electron chi connectivity index (χ3n) is 3.35. The van der Waals surface area contributed by atoms with Gasteiger partial charge in [0.05, 0.1) is 6.04 Å². The van der Waals surface area contributed by atoms with E-state index in [0.717, 1.165) is 13.0 Å². The summed E-state index contributed by atoms with van der Waals surface area (Å²) in [5.41, 5.74) is 2.50. The Labute approximate surface area is 116 Å².